The second kappa shape index (κ2) is 4.65. The summed E-state index contributed by atoms with van der Waals surface area (Å²) in [4.78, 5) is 11.3. The van der Waals surface area contributed by atoms with Gasteiger partial charge >= 0.3 is 5.97 Å². The third kappa shape index (κ3) is 5.19. The molecule has 0 saturated heterocycles. The molecule has 0 bridgehead atoms. The Bertz CT molecular complexity index is 279. The SMILES string of the molecule is C=C/C(O)=C\C(=C)C(=O)OC(C)(C)C. The van der Waals surface area contributed by atoms with Crippen LogP contribution < -0.4 is 0 Å². The Hall–Kier alpha value is -1.51. The molecule has 14 heavy (non-hydrogen) atoms. The van der Waals surface area contributed by atoms with E-state index >= 15 is 0 Å². The summed E-state index contributed by atoms with van der Waals surface area (Å²) >= 11 is 0. The van der Waals surface area contributed by atoms with Crippen molar-refractivity contribution in [3.05, 3.63) is 36.6 Å². The fraction of sp³-hybridized carbons (Fsp3) is 0.364. The van der Waals surface area contributed by atoms with E-state index in [0.717, 1.165) is 0 Å². The number of esters is 1. The Morgan fingerprint density at radius 3 is 2.29 bits per heavy atom. The first-order valence-electron chi connectivity index (χ1n) is 4.21. The average molecular weight is 196 g/mol. The van der Waals surface area contributed by atoms with Crippen molar-refractivity contribution < 1.29 is 14.6 Å². The molecule has 0 amide bonds. The quantitative estimate of drug-likeness (QED) is 0.326. The van der Waals surface area contributed by atoms with E-state index in [-0.39, 0.29) is 11.3 Å². The summed E-state index contributed by atoms with van der Waals surface area (Å²) < 4.78 is 5.02. The lowest BCUT2D eigenvalue weighted by Gasteiger charge is -2.19. The van der Waals surface area contributed by atoms with Gasteiger partial charge in [-0.1, -0.05) is 13.2 Å². The molecule has 0 spiro atoms. The highest BCUT2D eigenvalue weighted by Crippen LogP contribution is 2.11. The van der Waals surface area contributed by atoms with Crippen LogP contribution in [0.2, 0.25) is 0 Å². The molecule has 3 heteroatoms. The number of carbonyl (C=O) groups is 1. The van der Waals surface area contributed by atoms with Crippen LogP contribution >= 0.6 is 0 Å². The van der Waals surface area contributed by atoms with Gasteiger partial charge < -0.3 is 9.84 Å². The Balaban J connectivity index is 4.43. The number of aliphatic hydroxyl groups excluding tert-OH is 1. The minimum Gasteiger partial charge on any atom is -0.508 e. The summed E-state index contributed by atoms with van der Waals surface area (Å²) in [5, 5.41) is 9.05. The number of allylic oxidation sites excluding steroid dienone is 1. The predicted molar refractivity (Wildman–Crippen MR) is 55.9 cm³/mol. The molecule has 0 aromatic carbocycles. The fourth-order valence-electron chi connectivity index (χ4n) is 0.640. The first-order valence-corrected chi connectivity index (χ1v) is 4.21. The third-order valence-electron chi connectivity index (χ3n) is 1.19. The van der Waals surface area contributed by atoms with Gasteiger partial charge in [0.1, 0.15) is 11.4 Å². The normalized spacial score (nSPS) is 12.1. The van der Waals surface area contributed by atoms with Crippen molar-refractivity contribution in [3.63, 3.8) is 0 Å². The second-order valence-electron chi connectivity index (χ2n) is 3.80. The van der Waals surface area contributed by atoms with Gasteiger partial charge in [-0.2, -0.15) is 0 Å². The lowest BCUT2D eigenvalue weighted by atomic mass is 10.2. The van der Waals surface area contributed by atoms with Crippen LogP contribution in [0.1, 0.15) is 20.8 Å². The lowest BCUT2D eigenvalue weighted by molar-refractivity contribution is -0.149. The van der Waals surface area contributed by atoms with Crippen LogP contribution in [0, 0.1) is 0 Å². The van der Waals surface area contributed by atoms with Crippen LogP contribution in [0.25, 0.3) is 0 Å². The van der Waals surface area contributed by atoms with Crippen LogP contribution in [0.3, 0.4) is 0 Å². The van der Waals surface area contributed by atoms with E-state index in [2.05, 4.69) is 13.2 Å². The van der Waals surface area contributed by atoms with Gasteiger partial charge in [-0.3, -0.25) is 0 Å². The maximum absolute atomic E-state index is 11.3. The largest absolute Gasteiger partial charge is 0.508 e. The van der Waals surface area contributed by atoms with Crippen molar-refractivity contribution in [2.45, 2.75) is 26.4 Å². The van der Waals surface area contributed by atoms with Gasteiger partial charge in [0.2, 0.25) is 0 Å². The van der Waals surface area contributed by atoms with Gasteiger partial charge in [0, 0.05) is 0 Å². The van der Waals surface area contributed by atoms with Crippen LogP contribution in [0.4, 0.5) is 0 Å². The molecule has 0 aliphatic heterocycles. The smallest absolute Gasteiger partial charge is 0.338 e. The summed E-state index contributed by atoms with van der Waals surface area (Å²) in [5.74, 6) is -0.660. The zero-order chi connectivity index (χ0) is 11.4. The summed E-state index contributed by atoms with van der Waals surface area (Å²) in [6, 6.07) is 0. The Kier molecular flexibility index (Phi) is 4.15. The topological polar surface area (TPSA) is 46.5 Å². The molecule has 0 heterocycles. The van der Waals surface area contributed by atoms with Crippen LogP contribution in [0.15, 0.2) is 36.6 Å². The molecule has 0 rings (SSSR count). The summed E-state index contributed by atoms with van der Waals surface area (Å²) in [6.07, 6.45) is 2.43. The Morgan fingerprint density at radius 2 is 1.93 bits per heavy atom. The lowest BCUT2D eigenvalue weighted by Crippen LogP contribution is -2.24. The highest BCUT2D eigenvalue weighted by Gasteiger charge is 2.17. The predicted octanol–water partition coefficient (Wildman–Crippen LogP) is 2.51. The summed E-state index contributed by atoms with van der Waals surface area (Å²) in [6.45, 7) is 12.1. The Morgan fingerprint density at radius 1 is 1.43 bits per heavy atom. The van der Waals surface area contributed by atoms with Gasteiger partial charge in [-0.25, -0.2) is 4.79 Å². The molecule has 0 aromatic rings. The molecular weight excluding hydrogens is 180 g/mol. The first kappa shape index (κ1) is 12.5. The molecule has 0 aliphatic rings. The monoisotopic (exact) mass is 196 g/mol. The van der Waals surface area contributed by atoms with Crippen LogP contribution in [0.5, 0.6) is 0 Å². The number of ether oxygens (including phenoxy) is 1. The molecule has 0 aliphatic carbocycles. The number of rotatable bonds is 3. The minimum atomic E-state index is -0.558. The zero-order valence-corrected chi connectivity index (χ0v) is 8.83. The van der Waals surface area contributed by atoms with Gasteiger partial charge in [0.15, 0.2) is 0 Å². The van der Waals surface area contributed by atoms with E-state index < -0.39 is 11.6 Å². The van der Waals surface area contributed by atoms with Gasteiger partial charge in [-0.05, 0) is 32.9 Å². The molecule has 0 atom stereocenters. The molecule has 0 fully saturated rings. The van der Waals surface area contributed by atoms with Crippen molar-refractivity contribution in [2.24, 2.45) is 0 Å². The first-order chi connectivity index (χ1) is 6.26. The highest BCUT2D eigenvalue weighted by molar-refractivity contribution is 5.91. The van der Waals surface area contributed by atoms with E-state index in [1.165, 1.54) is 12.2 Å². The average Bonchev–Trinajstić information content (AvgIpc) is 2.00. The maximum Gasteiger partial charge on any atom is 0.338 e. The number of carbonyl (C=O) groups excluding carboxylic acids is 1. The highest BCUT2D eigenvalue weighted by atomic mass is 16.6. The molecule has 1 N–H and O–H groups in total. The van der Waals surface area contributed by atoms with E-state index in [1.807, 2.05) is 0 Å². The van der Waals surface area contributed by atoms with Gasteiger partial charge in [-0.15, -0.1) is 0 Å². The molecule has 0 saturated carbocycles. The number of aliphatic hydroxyl groups is 1. The standard InChI is InChI=1S/C11H16O3/c1-6-9(12)7-8(2)10(13)14-11(3,4)5/h6-7,12H,1-2H2,3-5H3/b9-7+. The van der Waals surface area contributed by atoms with Crippen molar-refractivity contribution >= 4 is 5.97 Å². The fourth-order valence-corrected chi connectivity index (χ4v) is 0.640. The molecule has 0 unspecified atom stereocenters. The molecule has 78 valence electrons. The van der Waals surface area contributed by atoms with E-state index in [0.29, 0.717) is 0 Å². The molecule has 0 radical (unpaired) electrons. The number of hydrogen-bond donors (Lipinski definition) is 1. The third-order valence-corrected chi connectivity index (χ3v) is 1.19. The molecule has 3 nitrogen and oxygen atoms in total. The number of hydrogen-bond acceptors (Lipinski definition) is 3. The van der Waals surface area contributed by atoms with Crippen molar-refractivity contribution in [3.8, 4) is 0 Å². The zero-order valence-electron chi connectivity index (χ0n) is 8.83. The molecular formula is C11H16O3. The van der Waals surface area contributed by atoms with Gasteiger partial charge in [0.05, 0.1) is 5.57 Å². The summed E-state index contributed by atoms with van der Waals surface area (Å²) in [5.41, 5.74) is -0.463. The second-order valence-corrected chi connectivity index (χ2v) is 3.80. The molecule has 0 aromatic heterocycles. The Labute approximate surface area is 84.4 Å². The van der Waals surface area contributed by atoms with Crippen molar-refractivity contribution in [2.75, 3.05) is 0 Å². The van der Waals surface area contributed by atoms with E-state index in [9.17, 15) is 4.79 Å². The van der Waals surface area contributed by atoms with Crippen LogP contribution in [-0.2, 0) is 9.53 Å². The van der Waals surface area contributed by atoms with Crippen molar-refractivity contribution in [1.29, 1.82) is 0 Å². The van der Waals surface area contributed by atoms with E-state index in [4.69, 9.17) is 9.84 Å². The van der Waals surface area contributed by atoms with Crippen molar-refractivity contribution in [1.82, 2.24) is 0 Å². The van der Waals surface area contributed by atoms with E-state index in [1.54, 1.807) is 20.8 Å². The maximum atomic E-state index is 11.3. The van der Waals surface area contributed by atoms with Crippen LogP contribution in [-0.4, -0.2) is 16.7 Å². The summed E-state index contributed by atoms with van der Waals surface area (Å²) in [7, 11) is 0. The minimum absolute atomic E-state index is 0.0947. The van der Waals surface area contributed by atoms with Gasteiger partial charge in [0.25, 0.3) is 0 Å².